The van der Waals surface area contributed by atoms with Gasteiger partial charge in [0.1, 0.15) is 0 Å². The molecule has 3 fully saturated rings. The first kappa shape index (κ1) is 18.0. The summed E-state index contributed by atoms with van der Waals surface area (Å²) in [7, 11) is 0. The van der Waals surface area contributed by atoms with E-state index in [1.54, 1.807) is 0 Å². The molecule has 1 spiro atoms. The van der Waals surface area contributed by atoms with Crippen molar-refractivity contribution in [1.29, 1.82) is 0 Å². The first-order chi connectivity index (χ1) is 11.4. The Bertz CT molecular complexity index is 441. The summed E-state index contributed by atoms with van der Waals surface area (Å²) in [6, 6.07) is -0.0415. The van der Waals surface area contributed by atoms with Crippen LogP contribution in [0.4, 0.5) is 13.2 Å². The Balaban J connectivity index is 1.61. The molecule has 1 saturated heterocycles. The van der Waals surface area contributed by atoms with Gasteiger partial charge in [0.15, 0.2) is 0 Å². The highest BCUT2D eigenvalue weighted by atomic mass is 19.4. The zero-order valence-electron chi connectivity index (χ0n) is 14.2. The Labute approximate surface area is 141 Å². The zero-order chi connectivity index (χ0) is 17.2. The average Bonchev–Trinajstić information content (AvgIpc) is 2.55. The van der Waals surface area contributed by atoms with Gasteiger partial charge in [-0.2, -0.15) is 13.2 Å². The van der Waals surface area contributed by atoms with Crippen molar-refractivity contribution in [2.75, 3.05) is 6.61 Å². The number of hydrogen-bond acceptors (Lipinski definition) is 2. The van der Waals surface area contributed by atoms with Crippen molar-refractivity contribution in [3.8, 4) is 0 Å². The number of amides is 1. The quantitative estimate of drug-likeness (QED) is 0.806. The smallest absolute Gasteiger partial charge is 0.375 e. The van der Waals surface area contributed by atoms with E-state index in [9.17, 15) is 18.0 Å². The largest absolute Gasteiger partial charge is 0.392 e. The molecule has 1 aliphatic heterocycles. The van der Waals surface area contributed by atoms with Crippen LogP contribution < -0.4 is 5.32 Å². The fourth-order valence-electron chi connectivity index (χ4n) is 4.84. The molecular weight excluding hydrogens is 319 g/mol. The van der Waals surface area contributed by atoms with Crippen LogP contribution in [-0.2, 0) is 9.53 Å². The van der Waals surface area contributed by atoms with Crippen LogP contribution in [0, 0.1) is 11.8 Å². The van der Waals surface area contributed by atoms with Gasteiger partial charge in [-0.25, -0.2) is 0 Å². The Morgan fingerprint density at radius 2 is 1.71 bits per heavy atom. The summed E-state index contributed by atoms with van der Waals surface area (Å²) in [6.45, 7) is 0.596. The summed E-state index contributed by atoms with van der Waals surface area (Å²) in [5.74, 6) is -2.78. The second-order valence-electron chi connectivity index (χ2n) is 7.83. The van der Waals surface area contributed by atoms with Crippen LogP contribution in [-0.4, -0.2) is 30.3 Å². The van der Waals surface area contributed by atoms with E-state index in [-0.39, 0.29) is 18.1 Å². The third kappa shape index (κ3) is 4.06. The Morgan fingerprint density at radius 3 is 2.42 bits per heavy atom. The van der Waals surface area contributed by atoms with Gasteiger partial charge in [0.05, 0.1) is 11.5 Å². The molecule has 3 nitrogen and oxygen atoms in total. The molecule has 2 saturated carbocycles. The topological polar surface area (TPSA) is 38.3 Å². The third-order valence-corrected chi connectivity index (χ3v) is 6.13. The minimum atomic E-state index is -4.28. The minimum Gasteiger partial charge on any atom is -0.375 e. The average molecular weight is 347 g/mol. The molecule has 0 aromatic heterocycles. The molecule has 0 bridgehead atoms. The molecule has 3 atom stereocenters. The second kappa shape index (κ2) is 7.22. The van der Waals surface area contributed by atoms with Gasteiger partial charge in [0.25, 0.3) is 0 Å². The van der Waals surface area contributed by atoms with E-state index in [1.807, 2.05) is 0 Å². The summed E-state index contributed by atoms with van der Waals surface area (Å²) in [6.07, 6.45) is 4.40. The van der Waals surface area contributed by atoms with Gasteiger partial charge in [-0.15, -0.1) is 0 Å². The molecule has 0 aromatic carbocycles. The molecule has 0 radical (unpaired) electrons. The van der Waals surface area contributed by atoms with Gasteiger partial charge in [-0.1, -0.05) is 32.1 Å². The summed E-state index contributed by atoms with van der Waals surface area (Å²) in [5, 5.41) is 2.94. The summed E-state index contributed by atoms with van der Waals surface area (Å²) < 4.78 is 45.7. The van der Waals surface area contributed by atoms with Crippen LogP contribution in [0.3, 0.4) is 0 Å². The number of nitrogens with one attached hydrogen (secondary N) is 1. The molecule has 3 rings (SSSR count). The van der Waals surface area contributed by atoms with Crippen molar-refractivity contribution in [2.45, 2.75) is 88.4 Å². The SMILES string of the molecule is O=C(N[C@@H]1CCOC2(CCCCC2)C1)[C@@H]1CCCC[C@@H]1C(F)(F)F. The molecule has 1 N–H and O–H groups in total. The summed E-state index contributed by atoms with van der Waals surface area (Å²) in [4.78, 5) is 12.5. The molecule has 1 heterocycles. The Morgan fingerprint density at radius 1 is 1.00 bits per heavy atom. The van der Waals surface area contributed by atoms with Gasteiger partial charge in [0.2, 0.25) is 5.91 Å². The van der Waals surface area contributed by atoms with E-state index in [4.69, 9.17) is 4.74 Å². The van der Waals surface area contributed by atoms with Gasteiger partial charge < -0.3 is 10.1 Å². The minimum absolute atomic E-state index is 0.0415. The normalized spacial score (nSPS) is 34.0. The highest BCUT2D eigenvalue weighted by Crippen LogP contribution is 2.42. The lowest BCUT2D eigenvalue weighted by atomic mass is 9.76. The maximum absolute atomic E-state index is 13.2. The summed E-state index contributed by atoms with van der Waals surface area (Å²) in [5.41, 5.74) is -0.148. The molecule has 3 aliphatic rings. The highest BCUT2D eigenvalue weighted by molar-refractivity contribution is 5.79. The maximum Gasteiger partial charge on any atom is 0.392 e. The van der Waals surface area contributed by atoms with Gasteiger partial charge >= 0.3 is 6.18 Å². The van der Waals surface area contributed by atoms with Crippen LogP contribution in [0.1, 0.15) is 70.6 Å². The van der Waals surface area contributed by atoms with Crippen molar-refractivity contribution >= 4 is 5.91 Å². The van der Waals surface area contributed by atoms with Crippen molar-refractivity contribution in [1.82, 2.24) is 5.32 Å². The fourth-order valence-corrected chi connectivity index (χ4v) is 4.84. The molecule has 2 aliphatic carbocycles. The zero-order valence-corrected chi connectivity index (χ0v) is 14.2. The monoisotopic (exact) mass is 347 g/mol. The van der Waals surface area contributed by atoms with Crippen LogP contribution in [0.25, 0.3) is 0 Å². The van der Waals surface area contributed by atoms with E-state index in [1.165, 1.54) is 6.42 Å². The second-order valence-corrected chi connectivity index (χ2v) is 7.83. The maximum atomic E-state index is 13.2. The van der Waals surface area contributed by atoms with Crippen LogP contribution in [0.2, 0.25) is 0 Å². The van der Waals surface area contributed by atoms with E-state index in [0.717, 1.165) is 32.1 Å². The number of hydrogen-bond donors (Lipinski definition) is 1. The van der Waals surface area contributed by atoms with Crippen LogP contribution in [0.15, 0.2) is 0 Å². The van der Waals surface area contributed by atoms with Gasteiger partial charge in [-0.3, -0.25) is 4.79 Å². The molecule has 24 heavy (non-hydrogen) atoms. The lowest BCUT2D eigenvalue weighted by Crippen LogP contribution is -2.52. The van der Waals surface area contributed by atoms with Gasteiger partial charge in [0, 0.05) is 18.6 Å². The highest BCUT2D eigenvalue weighted by Gasteiger charge is 2.48. The standard InChI is InChI=1S/C18H28F3NO2/c19-18(20,21)15-7-3-2-6-14(15)16(23)22-13-8-11-24-17(12-13)9-4-1-5-10-17/h13-15H,1-12H2,(H,22,23)/t13-,14-,15+/m1/s1. The first-order valence-electron chi connectivity index (χ1n) is 9.41. The van der Waals surface area contributed by atoms with E-state index in [2.05, 4.69) is 5.32 Å². The molecule has 0 aromatic rings. The fraction of sp³-hybridized carbons (Fsp3) is 0.944. The molecular formula is C18H28F3NO2. The van der Waals surface area contributed by atoms with Crippen molar-refractivity contribution in [3.63, 3.8) is 0 Å². The molecule has 1 amide bonds. The van der Waals surface area contributed by atoms with E-state index >= 15 is 0 Å². The molecule has 138 valence electrons. The molecule has 0 unspecified atom stereocenters. The van der Waals surface area contributed by atoms with E-state index < -0.39 is 23.9 Å². The molecule has 6 heteroatoms. The van der Waals surface area contributed by atoms with Crippen LogP contribution in [0.5, 0.6) is 0 Å². The van der Waals surface area contributed by atoms with Crippen molar-refractivity contribution in [2.24, 2.45) is 11.8 Å². The number of carbonyl (C=O) groups is 1. The Kier molecular flexibility index (Phi) is 5.42. The number of ether oxygens (including phenoxy) is 1. The predicted molar refractivity (Wildman–Crippen MR) is 84.4 cm³/mol. The summed E-state index contributed by atoms with van der Waals surface area (Å²) >= 11 is 0. The number of halogens is 3. The lowest BCUT2D eigenvalue weighted by molar-refractivity contribution is -0.198. The Hall–Kier alpha value is -0.780. The van der Waals surface area contributed by atoms with Gasteiger partial charge in [-0.05, 0) is 38.5 Å². The number of alkyl halides is 3. The van der Waals surface area contributed by atoms with Crippen molar-refractivity contribution in [3.05, 3.63) is 0 Å². The third-order valence-electron chi connectivity index (χ3n) is 6.13. The van der Waals surface area contributed by atoms with E-state index in [0.29, 0.717) is 32.3 Å². The van der Waals surface area contributed by atoms with Crippen LogP contribution >= 0.6 is 0 Å². The number of rotatable bonds is 2. The first-order valence-corrected chi connectivity index (χ1v) is 9.41. The number of carbonyl (C=O) groups excluding carboxylic acids is 1. The van der Waals surface area contributed by atoms with Crippen molar-refractivity contribution < 1.29 is 22.7 Å². The lowest BCUT2D eigenvalue weighted by Gasteiger charge is -2.44. The predicted octanol–water partition coefficient (Wildman–Crippen LogP) is 4.35.